The van der Waals surface area contributed by atoms with Gasteiger partial charge in [-0.2, -0.15) is 0 Å². The number of nitrogens with zero attached hydrogens (tertiary/aromatic N) is 1. The van der Waals surface area contributed by atoms with Crippen molar-refractivity contribution in [1.82, 2.24) is 0 Å². The fourth-order valence-corrected chi connectivity index (χ4v) is 3.23. The summed E-state index contributed by atoms with van der Waals surface area (Å²) in [6, 6.07) is 27.1. The first kappa shape index (κ1) is 22.7. The maximum Gasteiger partial charge on any atom is 0.119 e. The molecule has 0 N–H and O–H groups in total. The van der Waals surface area contributed by atoms with E-state index in [9.17, 15) is 0 Å². The van der Waals surface area contributed by atoms with Crippen LogP contribution in [0.25, 0.3) is 0 Å². The van der Waals surface area contributed by atoms with E-state index in [1.807, 2.05) is 6.07 Å². The van der Waals surface area contributed by atoms with Crippen molar-refractivity contribution >= 4 is 17.1 Å². The smallest absolute Gasteiger partial charge is 0.119 e. The highest BCUT2D eigenvalue weighted by molar-refractivity contribution is 5.76. The van der Waals surface area contributed by atoms with Crippen LogP contribution >= 0.6 is 0 Å². The molecule has 0 radical (unpaired) electrons. The molecule has 0 aliphatic rings. The molecule has 0 atom stereocenters. The monoisotopic (exact) mass is 417 g/mol. The number of para-hydroxylation sites is 1. The van der Waals surface area contributed by atoms with Gasteiger partial charge in [0.05, 0.1) is 13.2 Å². The molecule has 3 nitrogen and oxygen atoms in total. The maximum absolute atomic E-state index is 5.90. The van der Waals surface area contributed by atoms with Crippen LogP contribution in [0.4, 0.5) is 17.1 Å². The third-order valence-electron chi connectivity index (χ3n) is 5.13. The lowest BCUT2D eigenvalue weighted by Gasteiger charge is -2.25. The summed E-state index contributed by atoms with van der Waals surface area (Å²) in [5, 5.41) is 0. The van der Waals surface area contributed by atoms with Gasteiger partial charge in [-0.3, -0.25) is 0 Å². The van der Waals surface area contributed by atoms with E-state index in [4.69, 9.17) is 9.47 Å². The first-order valence-corrected chi connectivity index (χ1v) is 11.3. The van der Waals surface area contributed by atoms with Crippen LogP contribution in [-0.2, 0) is 0 Å². The van der Waals surface area contributed by atoms with E-state index in [-0.39, 0.29) is 0 Å². The van der Waals surface area contributed by atoms with Gasteiger partial charge in [-0.1, -0.05) is 45.9 Å². The highest BCUT2D eigenvalue weighted by atomic mass is 16.5. The largest absolute Gasteiger partial charge is 0.494 e. The molecule has 0 aliphatic carbocycles. The molecule has 164 valence electrons. The lowest BCUT2D eigenvalue weighted by atomic mass is 10.1. The average Bonchev–Trinajstić information content (AvgIpc) is 2.76. The van der Waals surface area contributed by atoms with Crippen molar-refractivity contribution in [1.29, 1.82) is 0 Å². The molecule has 0 heterocycles. The maximum atomic E-state index is 5.90. The summed E-state index contributed by atoms with van der Waals surface area (Å²) in [6.07, 6.45) is 2.12. The summed E-state index contributed by atoms with van der Waals surface area (Å²) in [4.78, 5) is 2.25. The topological polar surface area (TPSA) is 21.7 Å². The minimum absolute atomic E-state index is 0.644. The highest BCUT2D eigenvalue weighted by Crippen LogP contribution is 2.35. The van der Waals surface area contributed by atoms with E-state index in [1.165, 1.54) is 0 Å². The first-order chi connectivity index (χ1) is 15.0. The van der Waals surface area contributed by atoms with Crippen molar-refractivity contribution in [2.45, 2.75) is 40.5 Å². The Morgan fingerprint density at radius 1 is 0.548 bits per heavy atom. The summed E-state index contributed by atoms with van der Waals surface area (Å²) in [7, 11) is 0. The third-order valence-corrected chi connectivity index (χ3v) is 5.13. The number of hydrogen-bond donors (Lipinski definition) is 0. The van der Waals surface area contributed by atoms with Gasteiger partial charge in [0.25, 0.3) is 0 Å². The molecule has 3 aromatic carbocycles. The van der Waals surface area contributed by atoms with E-state index in [2.05, 4.69) is 105 Å². The van der Waals surface area contributed by atoms with Gasteiger partial charge < -0.3 is 14.4 Å². The van der Waals surface area contributed by atoms with Gasteiger partial charge in [-0.05, 0) is 85.3 Å². The Morgan fingerprint density at radius 2 is 0.935 bits per heavy atom. The lowest BCUT2D eigenvalue weighted by Crippen LogP contribution is -2.10. The Labute approximate surface area is 187 Å². The van der Waals surface area contributed by atoms with Crippen LogP contribution in [0.2, 0.25) is 0 Å². The van der Waals surface area contributed by atoms with E-state index in [1.54, 1.807) is 0 Å². The molecule has 0 aliphatic heterocycles. The molecule has 0 saturated heterocycles. The van der Waals surface area contributed by atoms with Crippen LogP contribution < -0.4 is 14.4 Å². The Hall–Kier alpha value is -2.94. The molecule has 0 unspecified atom stereocenters. The molecule has 3 rings (SSSR count). The van der Waals surface area contributed by atoms with Gasteiger partial charge in [0.15, 0.2) is 0 Å². The molecule has 0 aromatic heterocycles. The van der Waals surface area contributed by atoms with Gasteiger partial charge >= 0.3 is 0 Å². The zero-order chi connectivity index (χ0) is 22.1. The standard InChI is InChI=1S/C28H35NO2/c1-22(2)18-20-30-27-14-10-25(11-15-27)29(24-8-6-5-7-9-24)26-12-16-28(17-13-26)31-21-19-23(3)4/h5-17,22-23H,18-21H2,1-4H3. The predicted molar refractivity (Wildman–Crippen MR) is 131 cm³/mol. The number of benzene rings is 3. The minimum Gasteiger partial charge on any atom is -0.494 e. The Morgan fingerprint density at radius 3 is 1.32 bits per heavy atom. The van der Waals surface area contributed by atoms with Gasteiger partial charge in [0.1, 0.15) is 11.5 Å². The zero-order valence-corrected chi connectivity index (χ0v) is 19.3. The molecule has 3 heteroatoms. The lowest BCUT2D eigenvalue weighted by molar-refractivity contribution is 0.289. The number of anilines is 3. The Balaban J connectivity index is 1.78. The van der Waals surface area contributed by atoms with Crippen molar-refractivity contribution in [3.05, 3.63) is 78.9 Å². The fraction of sp³-hybridized carbons (Fsp3) is 0.357. The second kappa shape index (κ2) is 11.5. The number of rotatable bonds is 11. The van der Waals surface area contributed by atoms with Gasteiger partial charge in [-0.25, -0.2) is 0 Å². The van der Waals surface area contributed by atoms with E-state index < -0.39 is 0 Å². The number of ether oxygens (including phenoxy) is 2. The summed E-state index contributed by atoms with van der Waals surface area (Å²) < 4.78 is 11.8. The van der Waals surface area contributed by atoms with Crippen molar-refractivity contribution in [2.24, 2.45) is 11.8 Å². The molecule has 31 heavy (non-hydrogen) atoms. The van der Waals surface area contributed by atoms with Crippen LogP contribution in [0.15, 0.2) is 78.9 Å². The average molecular weight is 418 g/mol. The molecular weight excluding hydrogens is 382 g/mol. The summed E-state index contributed by atoms with van der Waals surface area (Å²) in [6.45, 7) is 10.3. The van der Waals surface area contributed by atoms with Crippen LogP contribution in [0.3, 0.4) is 0 Å². The predicted octanol–water partition coefficient (Wildman–Crippen LogP) is 8.01. The van der Waals surface area contributed by atoms with E-state index in [0.717, 1.165) is 54.6 Å². The summed E-state index contributed by atoms with van der Waals surface area (Å²) >= 11 is 0. The summed E-state index contributed by atoms with van der Waals surface area (Å²) in [5.41, 5.74) is 3.30. The molecule has 0 fully saturated rings. The van der Waals surface area contributed by atoms with Crippen molar-refractivity contribution < 1.29 is 9.47 Å². The van der Waals surface area contributed by atoms with E-state index >= 15 is 0 Å². The van der Waals surface area contributed by atoms with Crippen LogP contribution in [0, 0.1) is 11.8 Å². The zero-order valence-electron chi connectivity index (χ0n) is 19.3. The highest BCUT2D eigenvalue weighted by Gasteiger charge is 2.12. The Bertz CT molecular complexity index is 829. The fourth-order valence-electron chi connectivity index (χ4n) is 3.23. The van der Waals surface area contributed by atoms with Gasteiger partial charge in [-0.15, -0.1) is 0 Å². The van der Waals surface area contributed by atoms with Crippen molar-refractivity contribution in [3.63, 3.8) is 0 Å². The summed E-state index contributed by atoms with van der Waals surface area (Å²) in [5.74, 6) is 3.10. The van der Waals surface area contributed by atoms with Crippen LogP contribution in [0.1, 0.15) is 40.5 Å². The second-order valence-corrected chi connectivity index (χ2v) is 8.72. The molecule has 0 spiro atoms. The third kappa shape index (κ3) is 7.06. The minimum atomic E-state index is 0.644. The van der Waals surface area contributed by atoms with Crippen molar-refractivity contribution in [3.8, 4) is 11.5 Å². The molecule has 0 bridgehead atoms. The normalized spacial score (nSPS) is 11.0. The van der Waals surface area contributed by atoms with E-state index in [0.29, 0.717) is 11.8 Å². The van der Waals surface area contributed by atoms with Gasteiger partial charge in [0, 0.05) is 17.1 Å². The molecule has 3 aromatic rings. The van der Waals surface area contributed by atoms with Crippen molar-refractivity contribution in [2.75, 3.05) is 18.1 Å². The molecular formula is C28H35NO2. The Kier molecular flexibility index (Phi) is 8.40. The molecule has 0 saturated carbocycles. The first-order valence-electron chi connectivity index (χ1n) is 11.3. The second-order valence-electron chi connectivity index (χ2n) is 8.72. The molecule has 0 amide bonds. The SMILES string of the molecule is CC(C)CCOc1ccc(N(c2ccccc2)c2ccc(OCCC(C)C)cc2)cc1. The van der Waals surface area contributed by atoms with Crippen LogP contribution in [-0.4, -0.2) is 13.2 Å². The van der Waals surface area contributed by atoms with Gasteiger partial charge in [0.2, 0.25) is 0 Å². The number of hydrogen-bond acceptors (Lipinski definition) is 3. The van der Waals surface area contributed by atoms with Crippen LogP contribution in [0.5, 0.6) is 11.5 Å². The quantitative estimate of drug-likeness (QED) is 0.315.